The first-order valence-electron chi connectivity index (χ1n) is 9.26. The van der Waals surface area contributed by atoms with Crippen molar-refractivity contribution < 1.29 is 17.6 Å². The Hall–Kier alpha value is -2.30. The number of halogens is 2. The minimum absolute atomic E-state index is 0.00237. The molecule has 0 radical (unpaired) electrons. The SMILES string of the molecule is O=C(Nc1ccc(I)cc1)[C@H]1Cc2ccccc2CN1S(=O)(=O)c1ccccc1F. The highest BCUT2D eigenvalue weighted by Crippen LogP contribution is 2.30. The molecule has 0 bridgehead atoms. The molecule has 0 spiro atoms. The zero-order valence-corrected chi connectivity index (χ0v) is 18.7. The van der Waals surface area contributed by atoms with E-state index in [1.54, 1.807) is 12.1 Å². The third kappa shape index (κ3) is 4.12. The van der Waals surface area contributed by atoms with Crippen LogP contribution in [0.15, 0.2) is 77.7 Å². The lowest BCUT2D eigenvalue weighted by molar-refractivity contribution is -0.120. The monoisotopic (exact) mass is 536 g/mol. The number of nitrogens with zero attached hydrogens (tertiary/aromatic N) is 1. The molecule has 1 atom stereocenters. The van der Waals surface area contributed by atoms with Crippen molar-refractivity contribution in [3.8, 4) is 0 Å². The molecule has 3 aromatic rings. The number of amides is 1. The van der Waals surface area contributed by atoms with Crippen molar-refractivity contribution in [2.45, 2.75) is 23.9 Å². The highest BCUT2D eigenvalue weighted by molar-refractivity contribution is 14.1. The van der Waals surface area contributed by atoms with E-state index in [1.165, 1.54) is 18.2 Å². The van der Waals surface area contributed by atoms with E-state index in [-0.39, 0.29) is 13.0 Å². The number of benzene rings is 3. The van der Waals surface area contributed by atoms with E-state index >= 15 is 0 Å². The van der Waals surface area contributed by atoms with Crippen LogP contribution < -0.4 is 5.32 Å². The molecule has 1 aliphatic heterocycles. The van der Waals surface area contributed by atoms with Crippen LogP contribution in [-0.4, -0.2) is 24.7 Å². The molecule has 5 nitrogen and oxygen atoms in total. The Labute approximate surface area is 188 Å². The van der Waals surface area contributed by atoms with E-state index in [4.69, 9.17) is 0 Å². The van der Waals surface area contributed by atoms with Crippen molar-refractivity contribution in [1.82, 2.24) is 4.31 Å². The number of sulfonamides is 1. The number of hydrogen-bond donors (Lipinski definition) is 1. The first-order chi connectivity index (χ1) is 14.4. The Morgan fingerprint density at radius 3 is 2.30 bits per heavy atom. The van der Waals surface area contributed by atoms with Gasteiger partial charge < -0.3 is 5.32 Å². The summed E-state index contributed by atoms with van der Waals surface area (Å²) in [6.07, 6.45) is 0.208. The highest BCUT2D eigenvalue weighted by Gasteiger charge is 2.40. The van der Waals surface area contributed by atoms with Gasteiger partial charge in [-0.1, -0.05) is 36.4 Å². The van der Waals surface area contributed by atoms with Crippen molar-refractivity contribution in [2.75, 3.05) is 5.32 Å². The quantitative estimate of drug-likeness (QED) is 0.509. The standard InChI is InChI=1S/C22H18FIN2O3S/c23-19-7-3-4-8-21(19)30(28,29)26-14-16-6-2-1-5-15(16)13-20(26)22(27)25-18-11-9-17(24)10-12-18/h1-12,20H,13-14H2,(H,25,27)/t20-/m1/s1. The van der Waals surface area contributed by atoms with Gasteiger partial charge in [0.15, 0.2) is 0 Å². The van der Waals surface area contributed by atoms with Gasteiger partial charge in [-0.2, -0.15) is 4.31 Å². The molecule has 1 amide bonds. The van der Waals surface area contributed by atoms with E-state index in [9.17, 15) is 17.6 Å². The number of anilines is 1. The van der Waals surface area contributed by atoms with Crippen LogP contribution in [0, 0.1) is 9.39 Å². The molecule has 4 rings (SSSR count). The average Bonchev–Trinajstić information content (AvgIpc) is 2.74. The third-order valence-corrected chi connectivity index (χ3v) is 7.65. The maximum Gasteiger partial charge on any atom is 0.247 e. The summed E-state index contributed by atoms with van der Waals surface area (Å²) in [4.78, 5) is 12.7. The Morgan fingerprint density at radius 1 is 0.967 bits per heavy atom. The fourth-order valence-corrected chi connectivity index (χ4v) is 5.51. The first kappa shape index (κ1) is 21.0. The topological polar surface area (TPSA) is 66.5 Å². The molecule has 1 aliphatic rings. The lowest BCUT2D eigenvalue weighted by Crippen LogP contribution is -2.50. The zero-order chi connectivity index (χ0) is 21.3. The molecule has 3 aromatic carbocycles. The van der Waals surface area contributed by atoms with Crippen LogP contribution in [0.2, 0.25) is 0 Å². The van der Waals surface area contributed by atoms with Gasteiger partial charge in [-0.3, -0.25) is 4.79 Å². The van der Waals surface area contributed by atoms with Crippen LogP contribution in [0.5, 0.6) is 0 Å². The van der Waals surface area contributed by atoms with Crippen molar-refractivity contribution >= 4 is 44.2 Å². The minimum Gasteiger partial charge on any atom is -0.325 e. The maximum absolute atomic E-state index is 14.3. The number of rotatable bonds is 4. The molecule has 0 aliphatic carbocycles. The smallest absolute Gasteiger partial charge is 0.247 e. The predicted molar refractivity (Wildman–Crippen MR) is 121 cm³/mol. The third-order valence-electron chi connectivity index (χ3n) is 5.04. The van der Waals surface area contributed by atoms with Gasteiger partial charge in [0, 0.05) is 15.8 Å². The van der Waals surface area contributed by atoms with Gasteiger partial charge in [-0.05, 0) is 76.5 Å². The predicted octanol–water partition coefficient (Wildman–Crippen LogP) is 4.18. The van der Waals surface area contributed by atoms with Crippen molar-refractivity contribution in [3.63, 3.8) is 0 Å². The van der Waals surface area contributed by atoms with Crippen molar-refractivity contribution in [3.05, 3.63) is 93.3 Å². The van der Waals surface area contributed by atoms with Crippen molar-refractivity contribution in [2.24, 2.45) is 0 Å². The molecule has 0 fully saturated rings. The Morgan fingerprint density at radius 2 is 1.60 bits per heavy atom. The number of carbonyl (C=O) groups excluding carboxylic acids is 1. The molecular weight excluding hydrogens is 518 g/mol. The second-order valence-corrected chi connectivity index (χ2v) is 10.1. The Balaban J connectivity index is 1.73. The molecule has 8 heteroatoms. The number of hydrogen-bond acceptors (Lipinski definition) is 3. The van der Waals surface area contributed by atoms with Gasteiger partial charge in [0.2, 0.25) is 15.9 Å². The van der Waals surface area contributed by atoms with Gasteiger partial charge in [0.05, 0.1) is 0 Å². The zero-order valence-electron chi connectivity index (χ0n) is 15.8. The molecule has 1 N–H and O–H groups in total. The molecule has 154 valence electrons. The van der Waals surface area contributed by atoms with Gasteiger partial charge in [0.25, 0.3) is 0 Å². The summed E-state index contributed by atoms with van der Waals surface area (Å²) in [6, 6.07) is 18.8. The van der Waals surface area contributed by atoms with Gasteiger partial charge >= 0.3 is 0 Å². The van der Waals surface area contributed by atoms with Crippen LogP contribution in [0.25, 0.3) is 0 Å². The Kier molecular flexibility index (Phi) is 5.90. The molecule has 30 heavy (non-hydrogen) atoms. The van der Waals surface area contributed by atoms with Crippen LogP contribution in [0.4, 0.5) is 10.1 Å². The van der Waals surface area contributed by atoms with E-state index in [2.05, 4.69) is 27.9 Å². The minimum atomic E-state index is -4.23. The second kappa shape index (κ2) is 8.44. The van der Waals surface area contributed by atoms with Crippen LogP contribution in [0.1, 0.15) is 11.1 Å². The maximum atomic E-state index is 14.3. The number of fused-ring (bicyclic) bond motifs is 1. The van der Waals surface area contributed by atoms with Crippen LogP contribution in [0.3, 0.4) is 0 Å². The van der Waals surface area contributed by atoms with Crippen molar-refractivity contribution in [1.29, 1.82) is 0 Å². The lowest BCUT2D eigenvalue weighted by Gasteiger charge is -2.35. The molecule has 0 saturated carbocycles. The summed E-state index contributed by atoms with van der Waals surface area (Å²) in [5, 5.41) is 2.80. The summed E-state index contributed by atoms with van der Waals surface area (Å²) < 4.78 is 43.1. The summed E-state index contributed by atoms with van der Waals surface area (Å²) in [5.41, 5.74) is 2.28. The number of carbonyl (C=O) groups is 1. The molecular formula is C22H18FIN2O3S. The van der Waals surface area contributed by atoms with E-state index in [0.717, 1.165) is 25.1 Å². The summed E-state index contributed by atoms with van der Waals surface area (Å²) in [7, 11) is -4.23. The van der Waals surface area contributed by atoms with E-state index in [1.807, 2.05) is 36.4 Å². The first-order valence-corrected chi connectivity index (χ1v) is 11.8. The summed E-state index contributed by atoms with van der Waals surface area (Å²) in [6.45, 7) is -0.00237. The largest absolute Gasteiger partial charge is 0.325 e. The normalized spacial score (nSPS) is 16.7. The van der Waals surface area contributed by atoms with E-state index < -0.39 is 32.7 Å². The fraction of sp³-hybridized carbons (Fsp3) is 0.136. The molecule has 0 saturated heterocycles. The summed E-state index contributed by atoms with van der Waals surface area (Å²) in [5.74, 6) is -1.29. The molecule has 0 aromatic heterocycles. The van der Waals surface area contributed by atoms with Crippen LogP contribution in [-0.2, 0) is 27.8 Å². The lowest BCUT2D eigenvalue weighted by atomic mass is 9.95. The van der Waals surface area contributed by atoms with Gasteiger partial charge in [-0.25, -0.2) is 12.8 Å². The second-order valence-electron chi connectivity index (χ2n) is 6.97. The van der Waals surface area contributed by atoms with Gasteiger partial charge in [0.1, 0.15) is 16.8 Å². The van der Waals surface area contributed by atoms with Crippen LogP contribution >= 0.6 is 22.6 Å². The fourth-order valence-electron chi connectivity index (χ4n) is 3.51. The summed E-state index contributed by atoms with van der Waals surface area (Å²) >= 11 is 2.16. The Bertz CT molecular complexity index is 1200. The van der Waals surface area contributed by atoms with E-state index in [0.29, 0.717) is 5.69 Å². The average molecular weight is 536 g/mol. The molecule has 0 unspecified atom stereocenters. The highest BCUT2D eigenvalue weighted by atomic mass is 127. The van der Waals surface area contributed by atoms with Gasteiger partial charge in [-0.15, -0.1) is 0 Å². The molecule has 1 heterocycles. The number of nitrogens with one attached hydrogen (secondary N) is 1.